The van der Waals surface area contributed by atoms with Crippen LogP contribution in [-0.2, 0) is 0 Å². The Morgan fingerprint density at radius 2 is 2.12 bits per heavy atom. The van der Waals surface area contributed by atoms with E-state index in [2.05, 4.69) is 52.3 Å². The van der Waals surface area contributed by atoms with Gasteiger partial charge in [-0.25, -0.2) is 25.7 Å². The highest BCUT2D eigenvalue weighted by Crippen LogP contribution is 2.27. The largest absolute Gasteiger partial charge is 0.306 e. The number of nitrogens with zero attached hydrogens (tertiary/aromatic N) is 5. The highest BCUT2D eigenvalue weighted by molar-refractivity contribution is 5.75. The van der Waals surface area contributed by atoms with Gasteiger partial charge in [-0.15, -0.1) is 0 Å². The van der Waals surface area contributed by atoms with Gasteiger partial charge in [0.05, 0.1) is 11.7 Å². The summed E-state index contributed by atoms with van der Waals surface area (Å²) in [5.74, 6) is 0. The van der Waals surface area contributed by atoms with E-state index in [1.807, 2.05) is 45.1 Å². The molecule has 24 heavy (non-hydrogen) atoms. The van der Waals surface area contributed by atoms with Gasteiger partial charge in [0, 0.05) is 55.2 Å². The van der Waals surface area contributed by atoms with Crippen LogP contribution in [0.25, 0.3) is 22.9 Å². The molecule has 122 valence electrons. The minimum absolute atomic E-state index is 0.493. The number of rotatable bonds is 3. The standard InChI is InChI=1S/C17H19N7/c1-21-11-14(12-21)19-24-8-5-16-15(4-7-23(16)20-24)13-2-3-17-18-6-9-22(17)10-13/h2-10,14,19-20H,11-12H2,1H3. The number of hydrogen-bond donors (Lipinski definition) is 2. The average Bonchev–Trinajstić information content (AvgIpc) is 3.18. The van der Waals surface area contributed by atoms with E-state index in [-0.39, 0.29) is 0 Å². The highest BCUT2D eigenvalue weighted by atomic mass is 15.8. The lowest BCUT2D eigenvalue weighted by Crippen LogP contribution is -2.61. The number of hydrogen-bond acceptors (Lipinski definition) is 5. The predicted molar refractivity (Wildman–Crippen MR) is 93.3 cm³/mol. The van der Waals surface area contributed by atoms with E-state index in [0.717, 1.165) is 24.4 Å². The maximum atomic E-state index is 4.30. The molecule has 3 aromatic rings. The Balaban J connectivity index is 1.41. The van der Waals surface area contributed by atoms with Gasteiger partial charge in [0.2, 0.25) is 0 Å². The molecule has 7 nitrogen and oxygen atoms in total. The summed E-state index contributed by atoms with van der Waals surface area (Å²) in [6, 6.07) is 6.78. The minimum atomic E-state index is 0.493. The first-order valence-electron chi connectivity index (χ1n) is 8.09. The summed E-state index contributed by atoms with van der Waals surface area (Å²) in [5.41, 5.74) is 11.3. The van der Waals surface area contributed by atoms with Crippen LogP contribution in [-0.4, -0.2) is 50.3 Å². The number of nitrogens with one attached hydrogen (secondary N) is 2. The predicted octanol–water partition coefficient (Wildman–Crippen LogP) is 1.37. The summed E-state index contributed by atoms with van der Waals surface area (Å²) in [7, 11) is 2.13. The van der Waals surface area contributed by atoms with Crippen LogP contribution in [0, 0.1) is 0 Å². The van der Waals surface area contributed by atoms with Gasteiger partial charge in [-0.1, -0.05) is 0 Å². The quantitative estimate of drug-likeness (QED) is 0.763. The molecule has 0 aliphatic carbocycles. The zero-order chi connectivity index (χ0) is 16.1. The van der Waals surface area contributed by atoms with Crippen molar-refractivity contribution in [2.45, 2.75) is 6.04 Å². The van der Waals surface area contributed by atoms with Gasteiger partial charge in [-0.3, -0.25) is 0 Å². The smallest absolute Gasteiger partial charge is 0.136 e. The molecule has 5 heterocycles. The summed E-state index contributed by atoms with van der Waals surface area (Å²) >= 11 is 0. The number of hydrazine groups is 2. The van der Waals surface area contributed by atoms with Crippen LogP contribution in [0.15, 0.2) is 49.2 Å². The summed E-state index contributed by atoms with van der Waals surface area (Å²) in [4.78, 5) is 6.59. The molecular formula is C17H19N7. The van der Waals surface area contributed by atoms with E-state index < -0.39 is 0 Å². The zero-order valence-electron chi connectivity index (χ0n) is 13.4. The van der Waals surface area contributed by atoms with Gasteiger partial charge >= 0.3 is 0 Å². The molecule has 0 aromatic carbocycles. The molecule has 1 saturated heterocycles. The second kappa shape index (κ2) is 5.12. The van der Waals surface area contributed by atoms with Crippen molar-refractivity contribution in [3.05, 3.63) is 54.9 Å². The van der Waals surface area contributed by atoms with Crippen molar-refractivity contribution in [3.8, 4) is 11.1 Å². The summed E-state index contributed by atoms with van der Waals surface area (Å²) in [6.45, 7) is 2.14. The molecule has 7 heteroatoms. The lowest BCUT2D eigenvalue weighted by atomic mass is 10.1. The van der Waals surface area contributed by atoms with Crippen molar-refractivity contribution in [2.24, 2.45) is 0 Å². The first kappa shape index (κ1) is 13.6. The molecular weight excluding hydrogens is 302 g/mol. The Kier molecular flexibility index (Phi) is 2.91. The average molecular weight is 321 g/mol. The SMILES string of the molecule is CN1CC(NN2C=Cc3c(-c4ccc5nccn5c4)ccn3N2)C1. The van der Waals surface area contributed by atoms with Gasteiger partial charge in [-0.2, -0.15) is 0 Å². The molecule has 0 saturated carbocycles. The summed E-state index contributed by atoms with van der Waals surface area (Å²) in [6.07, 6.45) is 12.1. The molecule has 2 aliphatic heterocycles. The van der Waals surface area contributed by atoms with E-state index in [0.29, 0.717) is 6.04 Å². The van der Waals surface area contributed by atoms with Gasteiger partial charge in [0.1, 0.15) is 5.65 Å². The van der Waals surface area contributed by atoms with Crippen molar-refractivity contribution in [3.63, 3.8) is 0 Å². The topological polar surface area (TPSA) is 52.8 Å². The summed E-state index contributed by atoms with van der Waals surface area (Å²) in [5, 5.41) is 1.92. The van der Waals surface area contributed by atoms with E-state index in [1.54, 1.807) is 0 Å². The van der Waals surface area contributed by atoms with Crippen molar-refractivity contribution < 1.29 is 0 Å². The van der Waals surface area contributed by atoms with Crippen LogP contribution in [0.4, 0.5) is 0 Å². The first-order chi connectivity index (χ1) is 11.8. The molecule has 0 radical (unpaired) electrons. The molecule has 3 aromatic heterocycles. The molecule has 0 bridgehead atoms. The minimum Gasteiger partial charge on any atom is -0.306 e. The van der Waals surface area contributed by atoms with Crippen LogP contribution in [0.2, 0.25) is 0 Å². The molecule has 2 aliphatic rings. The first-order valence-corrected chi connectivity index (χ1v) is 8.09. The van der Waals surface area contributed by atoms with Gasteiger partial charge in [-0.05, 0) is 31.3 Å². The molecule has 0 spiro atoms. The third kappa shape index (κ3) is 2.17. The van der Waals surface area contributed by atoms with Crippen LogP contribution >= 0.6 is 0 Å². The number of likely N-dealkylation sites (tertiary alicyclic amines) is 1. The fraction of sp³-hybridized carbons (Fsp3) is 0.235. The normalized spacial score (nSPS) is 17.8. The van der Waals surface area contributed by atoms with Gasteiger partial charge in [0.25, 0.3) is 0 Å². The maximum absolute atomic E-state index is 4.30. The van der Waals surface area contributed by atoms with Gasteiger partial charge in [0.15, 0.2) is 0 Å². The van der Waals surface area contributed by atoms with Crippen LogP contribution < -0.4 is 11.0 Å². The van der Waals surface area contributed by atoms with Crippen molar-refractivity contribution in [2.75, 3.05) is 25.7 Å². The van der Waals surface area contributed by atoms with Crippen LogP contribution in [0.5, 0.6) is 0 Å². The van der Waals surface area contributed by atoms with Gasteiger partial charge < -0.3 is 9.30 Å². The van der Waals surface area contributed by atoms with Crippen molar-refractivity contribution in [1.29, 1.82) is 0 Å². The number of imidazole rings is 1. The van der Waals surface area contributed by atoms with Crippen LogP contribution in [0.1, 0.15) is 5.69 Å². The zero-order valence-corrected chi connectivity index (χ0v) is 13.4. The second-order valence-corrected chi connectivity index (χ2v) is 6.43. The van der Waals surface area contributed by atoms with Crippen LogP contribution in [0.3, 0.4) is 0 Å². The molecule has 0 unspecified atom stereocenters. The lowest BCUT2D eigenvalue weighted by molar-refractivity contribution is 0.102. The highest BCUT2D eigenvalue weighted by Gasteiger charge is 2.25. The Bertz CT molecular complexity index is 916. The molecule has 0 amide bonds. The fourth-order valence-electron chi connectivity index (χ4n) is 3.37. The molecule has 2 N–H and O–H groups in total. The Labute approximate surface area is 139 Å². The number of fused-ring (bicyclic) bond motifs is 2. The Hall–Kier alpha value is -2.77. The second-order valence-electron chi connectivity index (χ2n) is 6.43. The fourth-order valence-corrected chi connectivity index (χ4v) is 3.37. The number of aromatic nitrogens is 3. The third-order valence-corrected chi connectivity index (χ3v) is 4.61. The lowest BCUT2D eigenvalue weighted by Gasteiger charge is -2.40. The third-order valence-electron chi connectivity index (χ3n) is 4.61. The van der Waals surface area contributed by atoms with Crippen molar-refractivity contribution in [1.82, 2.24) is 29.5 Å². The van der Waals surface area contributed by atoms with E-state index in [1.165, 1.54) is 11.1 Å². The van der Waals surface area contributed by atoms with E-state index in [4.69, 9.17) is 0 Å². The Morgan fingerprint density at radius 3 is 3.00 bits per heavy atom. The maximum Gasteiger partial charge on any atom is 0.136 e. The Morgan fingerprint density at radius 1 is 1.21 bits per heavy atom. The van der Waals surface area contributed by atoms with E-state index >= 15 is 0 Å². The molecule has 5 rings (SSSR count). The number of pyridine rings is 1. The molecule has 0 atom stereocenters. The number of likely N-dealkylation sites (N-methyl/N-ethyl adjacent to an activating group) is 1. The monoisotopic (exact) mass is 321 g/mol. The van der Waals surface area contributed by atoms with Crippen molar-refractivity contribution >= 4 is 11.7 Å². The molecule has 1 fully saturated rings. The van der Waals surface area contributed by atoms with E-state index in [9.17, 15) is 0 Å². The summed E-state index contributed by atoms with van der Waals surface area (Å²) < 4.78 is 4.07.